The quantitative estimate of drug-likeness (QED) is 0.384. The summed E-state index contributed by atoms with van der Waals surface area (Å²) in [6, 6.07) is 0. The van der Waals surface area contributed by atoms with Gasteiger partial charge in [-0.1, -0.05) is 0 Å². The maximum Gasteiger partial charge on any atom is 0.355 e. The molecule has 0 fully saturated rings. The van der Waals surface area contributed by atoms with E-state index in [1.165, 1.54) is 0 Å². The molecule has 0 spiro atoms. The predicted molar refractivity (Wildman–Crippen MR) is 18.3 cm³/mol. The Bertz CT molecular complexity index is 26.5. The van der Waals surface area contributed by atoms with Crippen LogP contribution in [0.2, 0.25) is 0 Å². The second-order valence-corrected chi connectivity index (χ2v) is 3.10. The van der Waals surface area contributed by atoms with Crippen molar-refractivity contribution in [2.45, 2.75) is 0 Å². The third kappa shape index (κ3) is 2.80. The Balaban J connectivity index is 2.99. The summed E-state index contributed by atoms with van der Waals surface area (Å²) in [5.41, 5.74) is 0. The van der Waals surface area contributed by atoms with Crippen molar-refractivity contribution in [1.29, 1.82) is 0 Å². The lowest BCUT2D eigenvalue weighted by Crippen LogP contribution is -1.30. The predicted octanol–water partition coefficient (Wildman–Crippen LogP) is 3.40. The van der Waals surface area contributed by atoms with Crippen LogP contribution in [0.1, 0.15) is 0 Å². The normalized spacial score (nSPS) is 11.0. The molecule has 0 aliphatic carbocycles. The highest BCUT2D eigenvalue weighted by atomic mass is 32.1. The Morgan fingerprint density at radius 3 is 0.833 bits per heavy atom. The van der Waals surface area contributed by atoms with Gasteiger partial charge in [0.05, 0.1) is 0 Å². The van der Waals surface area contributed by atoms with E-state index in [-0.39, 0.29) is 0 Å². The molecule has 0 nitrogen and oxygen atoms in total. The Morgan fingerprint density at radius 2 is 0.833 bits per heavy atom. The van der Waals surface area contributed by atoms with Crippen molar-refractivity contribution in [3.8, 4) is 0 Å². The molecule has 38 valence electrons. The van der Waals surface area contributed by atoms with E-state index in [1.807, 2.05) is 0 Å². The molecule has 6 heavy (non-hydrogen) atoms. The zero-order valence-corrected chi connectivity index (χ0v) is 4.20. The monoisotopic (exact) mass is 138 g/mol. The first kappa shape index (κ1) is 6.58. The fourth-order valence-electron chi connectivity index (χ4n) is 0. The smallest absolute Gasteiger partial charge is 0.178 e. The summed E-state index contributed by atoms with van der Waals surface area (Å²) in [4.78, 5) is 0. The molecule has 0 bridgehead atoms. The lowest BCUT2D eigenvalue weighted by molar-refractivity contribution is 0.723. The minimum absolute atomic E-state index is 3.93. The van der Waals surface area contributed by atoms with Crippen LogP contribution in [-0.4, -0.2) is 0 Å². The summed E-state index contributed by atoms with van der Waals surface area (Å²) in [5.74, 6) is 0. The molecule has 0 aromatic heterocycles. The number of rotatable bonds is 1. The molecule has 0 aliphatic rings. The molecule has 0 aromatic rings. The molecule has 0 N–H and O–H groups in total. The number of hydrogen-bond donors (Lipinski definition) is 0. The van der Waals surface area contributed by atoms with Crippen LogP contribution >= 0.6 is 16.5 Å². The van der Waals surface area contributed by atoms with E-state index in [2.05, 4.69) is 0 Å². The van der Waals surface area contributed by atoms with Gasteiger partial charge in [0.25, 0.3) is 0 Å². The van der Waals surface area contributed by atoms with E-state index in [4.69, 9.17) is 0 Å². The van der Waals surface area contributed by atoms with Crippen LogP contribution in [0.3, 0.4) is 0 Å². The van der Waals surface area contributed by atoms with Gasteiger partial charge in [0.15, 0.2) is 0 Å². The third-order valence-corrected chi connectivity index (χ3v) is 1.03. The molecule has 0 saturated carbocycles. The molecule has 0 saturated heterocycles. The first-order chi connectivity index (χ1) is 2.64. The fourth-order valence-corrected chi connectivity index (χ4v) is 0. The second kappa shape index (κ2) is 2.70. The van der Waals surface area contributed by atoms with Gasteiger partial charge in [-0.25, -0.2) is 0 Å². The van der Waals surface area contributed by atoms with E-state index in [0.717, 1.165) is 0 Å². The van der Waals surface area contributed by atoms with Crippen LogP contribution in [0, 0.1) is 0 Å². The highest BCUT2D eigenvalue weighted by molar-refractivity contribution is 8.20. The van der Waals surface area contributed by atoms with Crippen molar-refractivity contribution in [3.63, 3.8) is 0 Å². The van der Waals surface area contributed by atoms with Crippen molar-refractivity contribution in [3.05, 3.63) is 0 Å². The van der Waals surface area contributed by atoms with Gasteiger partial charge in [-0.05, 0) is 0 Å². The topological polar surface area (TPSA) is 0 Å². The molecule has 0 amide bonds. The first-order valence-corrected chi connectivity index (χ1v) is 3.83. The molecular formula is F4P2. The second-order valence-electron chi connectivity index (χ2n) is 0.430. The van der Waals surface area contributed by atoms with Crippen molar-refractivity contribution < 1.29 is 16.8 Å². The van der Waals surface area contributed by atoms with Gasteiger partial charge in [0.1, 0.15) is 0 Å². The van der Waals surface area contributed by atoms with Crippen LogP contribution in [0.25, 0.3) is 0 Å². The van der Waals surface area contributed by atoms with Crippen molar-refractivity contribution in [2.75, 3.05) is 0 Å². The molecule has 0 heterocycles. The standard InChI is InChI=1S/F4P2/c1-5(2)6(3)4. The summed E-state index contributed by atoms with van der Waals surface area (Å²) in [6.45, 7) is 0. The zero-order chi connectivity index (χ0) is 5.15. The maximum atomic E-state index is 10.5. The summed E-state index contributed by atoms with van der Waals surface area (Å²) in [6.07, 6.45) is 0. The van der Waals surface area contributed by atoms with Gasteiger partial charge in [-0.2, -0.15) is 16.8 Å². The van der Waals surface area contributed by atoms with Crippen LogP contribution in [0.4, 0.5) is 16.8 Å². The van der Waals surface area contributed by atoms with Crippen LogP contribution < -0.4 is 0 Å². The van der Waals surface area contributed by atoms with Gasteiger partial charge >= 0.3 is 16.5 Å². The van der Waals surface area contributed by atoms with E-state index in [9.17, 15) is 16.8 Å². The minimum atomic E-state index is -3.93. The highest BCUT2D eigenvalue weighted by Gasteiger charge is 2.20. The fraction of sp³-hybridized carbons (Fsp3) is 0. The van der Waals surface area contributed by atoms with Crippen molar-refractivity contribution in [1.82, 2.24) is 0 Å². The lowest BCUT2D eigenvalue weighted by atomic mass is 18.8. The van der Waals surface area contributed by atoms with Gasteiger partial charge in [-0.15, -0.1) is 0 Å². The van der Waals surface area contributed by atoms with Crippen LogP contribution in [-0.2, 0) is 0 Å². The van der Waals surface area contributed by atoms with E-state index in [1.54, 1.807) is 0 Å². The van der Waals surface area contributed by atoms with Gasteiger partial charge in [0.2, 0.25) is 0 Å². The Hall–Kier alpha value is 0.580. The molecule has 0 unspecified atom stereocenters. The number of halogens is 4. The summed E-state index contributed by atoms with van der Waals surface area (Å²) in [7, 11) is -7.86. The molecule has 0 radical (unpaired) electrons. The SMILES string of the molecule is FP(F)P(F)F. The molecular weight excluding hydrogens is 138 g/mol. The largest absolute Gasteiger partial charge is 0.355 e. The first-order valence-electron chi connectivity index (χ1n) is 0.876. The molecule has 0 aromatic carbocycles. The average Bonchev–Trinajstić information content (AvgIpc) is 1.36. The Labute approximate surface area is 34.4 Å². The van der Waals surface area contributed by atoms with E-state index in [0.29, 0.717) is 0 Å². The molecule has 0 rings (SSSR count). The van der Waals surface area contributed by atoms with Crippen molar-refractivity contribution in [2.24, 2.45) is 0 Å². The maximum absolute atomic E-state index is 10.5. The minimum Gasteiger partial charge on any atom is -0.178 e. The van der Waals surface area contributed by atoms with Gasteiger partial charge in [0, 0.05) is 0 Å². The highest BCUT2D eigenvalue weighted by Crippen LogP contribution is 2.73. The molecule has 6 heteroatoms. The summed E-state index contributed by atoms with van der Waals surface area (Å²) >= 11 is 0. The number of hydrogen-bond acceptors (Lipinski definition) is 0. The van der Waals surface area contributed by atoms with Crippen LogP contribution in [0.15, 0.2) is 0 Å². The summed E-state index contributed by atoms with van der Waals surface area (Å²) in [5, 5.41) is 0. The Morgan fingerprint density at radius 1 is 0.667 bits per heavy atom. The Kier molecular flexibility index (Phi) is 2.96. The summed E-state index contributed by atoms with van der Waals surface area (Å²) < 4.78 is 42.0. The molecule has 0 atom stereocenters. The van der Waals surface area contributed by atoms with Gasteiger partial charge in [-0.3, -0.25) is 0 Å². The average molecular weight is 138 g/mol. The van der Waals surface area contributed by atoms with E-state index < -0.39 is 16.5 Å². The zero-order valence-electron chi connectivity index (χ0n) is 2.41. The third-order valence-electron chi connectivity index (χ3n) is 0.114. The lowest BCUT2D eigenvalue weighted by Gasteiger charge is -1.84. The van der Waals surface area contributed by atoms with E-state index >= 15 is 0 Å². The molecule has 0 aliphatic heterocycles. The van der Waals surface area contributed by atoms with Crippen molar-refractivity contribution >= 4 is 16.5 Å². The van der Waals surface area contributed by atoms with Crippen LogP contribution in [0.5, 0.6) is 0 Å². The van der Waals surface area contributed by atoms with Gasteiger partial charge < -0.3 is 0 Å².